The van der Waals surface area contributed by atoms with E-state index in [0.29, 0.717) is 76.9 Å². The minimum atomic E-state index is -0.687. The zero-order chi connectivity index (χ0) is 37.9. The molecule has 1 saturated carbocycles. The van der Waals surface area contributed by atoms with Gasteiger partial charge in [-0.2, -0.15) is 0 Å². The Hall–Kier alpha value is -4.56. The number of hydrogen-bond donors (Lipinski definition) is 4. The third-order valence-corrected chi connectivity index (χ3v) is 11.6. The summed E-state index contributed by atoms with van der Waals surface area (Å²) in [5, 5.41) is 19.3. The number of halogens is 2. The van der Waals surface area contributed by atoms with E-state index in [4.69, 9.17) is 37.9 Å². The lowest BCUT2D eigenvalue weighted by Crippen LogP contribution is -2.36. The highest BCUT2D eigenvalue weighted by Crippen LogP contribution is 2.40. The number of nitrogens with one attached hydrogen (secondary N) is 3. The smallest absolute Gasteiger partial charge is 0.306 e. The van der Waals surface area contributed by atoms with Crippen molar-refractivity contribution in [2.75, 3.05) is 32.1 Å². The van der Waals surface area contributed by atoms with E-state index < -0.39 is 5.97 Å². The highest BCUT2D eigenvalue weighted by molar-refractivity contribution is 6.39. The Labute approximate surface area is 323 Å². The number of carboxylic acids is 1. The van der Waals surface area contributed by atoms with Crippen LogP contribution < -0.4 is 20.7 Å². The molecule has 0 spiro atoms. The molecule has 0 unspecified atom stereocenters. The monoisotopic (exact) mass is 774 g/mol. The number of methoxy groups -OCH3 is 1. The van der Waals surface area contributed by atoms with Crippen molar-refractivity contribution in [3.8, 4) is 28.4 Å². The summed E-state index contributed by atoms with van der Waals surface area (Å²) in [7, 11) is 3.43. The fraction of sp³-hybridized carbons (Fsp3) is 0.436. The van der Waals surface area contributed by atoms with E-state index in [1.807, 2.05) is 23.7 Å². The van der Waals surface area contributed by atoms with Gasteiger partial charge in [0, 0.05) is 87.2 Å². The molecule has 54 heavy (non-hydrogen) atoms. The van der Waals surface area contributed by atoms with Crippen LogP contribution >= 0.6 is 23.2 Å². The van der Waals surface area contributed by atoms with Crippen LogP contribution in [0.4, 0.5) is 5.69 Å². The standard InChI is InChI=1S/C39H44Cl2N8O5/c1-48-31-15-17-49(20-22-6-8-23(9-7-22)39(52)53)21-30(31)45-36(48)37(51)46-29-5-3-4-27(33(29)40)35-34(41)26(14-16-43-35)28-12-10-24(38(47-28)54-2)18-42-19-25-11-13-32(50)44-25/h3-5,10,12,14,16,22-23,25,42H,6-9,11,13,15,17-21H2,1-2H3,(H,44,50)(H,46,51)(H,52,53)/t22-,23-,25-/m1/s1. The molecule has 3 aromatic heterocycles. The number of carboxylic acid groups (broad SMARTS) is 1. The number of aliphatic carboxylic acids is 1. The SMILES string of the molecule is COc1nc(-c2ccnc(-c3cccc(NC(=O)c4nc5c(n4C)CCN(C[C@H]4CC[C@H](C(=O)O)CC4)C5)c3Cl)c2Cl)ccc1CNC[C@H]1CCC(=O)N1. The number of hydrogen-bond acceptors (Lipinski definition) is 9. The molecule has 4 N–H and O–H groups in total. The molecule has 15 heteroatoms. The summed E-state index contributed by atoms with van der Waals surface area (Å²) < 4.78 is 7.48. The molecular weight excluding hydrogens is 731 g/mol. The minimum Gasteiger partial charge on any atom is -0.481 e. The van der Waals surface area contributed by atoms with E-state index in [9.17, 15) is 19.5 Å². The van der Waals surface area contributed by atoms with Gasteiger partial charge in [0.2, 0.25) is 11.8 Å². The van der Waals surface area contributed by atoms with Crippen LogP contribution in [0, 0.1) is 11.8 Å². The van der Waals surface area contributed by atoms with Crippen molar-refractivity contribution in [1.29, 1.82) is 0 Å². The summed E-state index contributed by atoms with van der Waals surface area (Å²) in [6.45, 7) is 3.58. The van der Waals surface area contributed by atoms with Gasteiger partial charge in [0.25, 0.3) is 5.91 Å². The van der Waals surface area contributed by atoms with Crippen molar-refractivity contribution in [2.24, 2.45) is 18.9 Å². The average Bonchev–Trinajstić information content (AvgIpc) is 3.74. The lowest BCUT2D eigenvalue weighted by Gasteiger charge is -2.33. The third kappa shape index (κ3) is 8.09. The van der Waals surface area contributed by atoms with Gasteiger partial charge >= 0.3 is 5.97 Å². The van der Waals surface area contributed by atoms with Gasteiger partial charge in [-0.15, -0.1) is 0 Å². The van der Waals surface area contributed by atoms with Crippen molar-refractivity contribution >= 4 is 46.7 Å². The summed E-state index contributed by atoms with van der Waals surface area (Å²) in [6, 6.07) is 11.0. The molecule has 0 radical (unpaired) electrons. The van der Waals surface area contributed by atoms with Crippen molar-refractivity contribution < 1.29 is 24.2 Å². The minimum absolute atomic E-state index is 0.0824. The van der Waals surface area contributed by atoms with Crippen molar-refractivity contribution in [3.63, 3.8) is 0 Å². The molecule has 2 aliphatic heterocycles. The van der Waals surface area contributed by atoms with Gasteiger partial charge in [0.05, 0.1) is 45.8 Å². The van der Waals surface area contributed by atoms with Crippen LogP contribution in [0.5, 0.6) is 5.88 Å². The number of imidazole rings is 1. The number of fused-ring (bicyclic) bond motifs is 1. The summed E-state index contributed by atoms with van der Waals surface area (Å²) >= 11 is 14.0. The third-order valence-electron chi connectivity index (χ3n) is 10.8. The fourth-order valence-corrected chi connectivity index (χ4v) is 8.43. The molecule has 0 bridgehead atoms. The number of pyridine rings is 2. The van der Waals surface area contributed by atoms with Crippen LogP contribution in [0.2, 0.25) is 10.0 Å². The van der Waals surface area contributed by atoms with Crippen LogP contribution in [0.25, 0.3) is 22.5 Å². The number of aromatic nitrogens is 4. The Kier molecular flexibility index (Phi) is 11.5. The number of carbonyl (C=O) groups excluding carboxylic acids is 2. The first-order valence-corrected chi connectivity index (χ1v) is 19.1. The predicted octanol–water partition coefficient (Wildman–Crippen LogP) is 5.73. The van der Waals surface area contributed by atoms with Crippen LogP contribution in [0.1, 0.15) is 66.1 Å². The number of rotatable bonds is 12. The van der Waals surface area contributed by atoms with Crippen LogP contribution in [-0.2, 0) is 36.1 Å². The summed E-state index contributed by atoms with van der Waals surface area (Å²) in [5.41, 5.74) is 5.39. The van der Waals surface area contributed by atoms with Gasteiger partial charge in [0.15, 0.2) is 5.82 Å². The second-order valence-corrected chi connectivity index (χ2v) is 15.1. The molecule has 1 aliphatic carbocycles. The predicted molar refractivity (Wildman–Crippen MR) is 206 cm³/mol. The Morgan fingerprint density at radius 1 is 1.02 bits per heavy atom. The first-order valence-electron chi connectivity index (χ1n) is 18.4. The molecule has 1 atom stereocenters. The number of benzene rings is 1. The van der Waals surface area contributed by atoms with E-state index >= 15 is 0 Å². The molecule has 1 saturated heterocycles. The molecule has 2 amide bonds. The Bertz CT molecular complexity index is 2060. The number of ether oxygens (including phenoxy) is 1. The van der Waals surface area contributed by atoms with Gasteiger partial charge in [-0.25, -0.2) is 9.97 Å². The van der Waals surface area contributed by atoms with Crippen molar-refractivity contribution in [2.45, 2.75) is 64.1 Å². The summed E-state index contributed by atoms with van der Waals surface area (Å²) in [5.74, 6) is 0.0169. The zero-order valence-electron chi connectivity index (χ0n) is 30.3. The molecule has 1 aromatic carbocycles. The fourth-order valence-electron chi connectivity index (χ4n) is 7.86. The first kappa shape index (κ1) is 37.7. The van der Waals surface area contributed by atoms with E-state index in [1.165, 1.54) is 0 Å². The van der Waals surface area contributed by atoms with E-state index in [2.05, 4.69) is 25.8 Å². The number of amides is 2. The molecule has 13 nitrogen and oxygen atoms in total. The molecule has 2 fully saturated rings. The lowest BCUT2D eigenvalue weighted by atomic mass is 9.81. The number of carbonyl (C=O) groups is 3. The molecule has 5 heterocycles. The zero-order valence-corrected chi connectivity index (χ0v) is 31.8. The molecule has 3 aliphatic rings. The largest absolute Gasteiger partial charge is 0.481 e. The maximum atomic E-state index is 13.7. The second kappa shape index (κ2) is 16.4. The number of anilines is 1. The Morgan fingerprint density at radius 3 is 2.57 bits per heavy atom. The van der Waals surface area contributed by atoms with E-state index in [0.717, 1.165) is 68.6 Å². The maximum Gasteiger partial charge on any atom is 0.306 e. The second-order valence-electron chi connectivity index (χ2n) is 14.4. The highest BCUT2D eigenvalue weighted by Gasteiger charge is 2.30. The Morgan fingerprint density at radius 2 is 1.83 bits per heavy atom. The Balaban J connectivity index is 1.03. The molecule has 284 valence electrons. The first-order chi connectivity index (χ1) is 26.1. The van der Waals surface area contributed by atoms with Crippen LogP contribution in [0.3, 0.4) is 0 Å². The molecule has 4 aromatic rings. The van der Waals surface area contributed by atoms with E-state index in [1.54, 1.807) is 37.6 Å². The van der Waals surface area contributed by atoms with Gasteiger partial charge in [-0.05, 0) is 56.2 Å². The summed E-state index contributed by atoms with van der Waals surface area (Å²) in [6.07, 6.45) is 7.08. The topological polar surface area (TPSA) is 164 Å². The highest BCUT2D eigenvalue weighted by atomic mass is 35.5. The number of nitrogens with zero attached hydrogens (tertiary/aromatic N) is 5. The van der Waals surface area contributed by atoms with Gasteiger partial charge < -0.3 is 30.4 Å². The van der Waals surface area contributed by atoms with Crippen molar-refractivity contribution in [3.05, 3.63) is 75.4 Å². The quantitative estimate of drug-likeness (QED) is 0.140. The van der Waals surface area contributed by atoms with Crippen LogP contribution in [-0.4, -0.2) is 80.1 Å². The molecular formula is C39H44Cl2N8O5. The van der Waals surface area contributed by atoms with Gasteiger partial charge in [-0.3, -0.25) is 24.3 Å². The molecule has 7 rings (SSSR count). The maximum absolute atomic E-state index is 13.7. The summed E-state index contributed by atoms with van der Waals surface area (Å²) in [4.78, 5) is 53.0. The normalized spacial score (nSPS) is 20.0. The van der Waals surface area contributed by atoms with Gasteiger partial charge in [0.1, 0.15) is 0 Å². The van der Waals surface area contributed by atoms with E-state index in [-0.39, 0.29) is 28.8 Å². The van der Waals surface area contributed by atoms with Crippen molar-refractivity contribution in [1.82, 2.24) is 35.1 Å². The van der Waals surface area contributed by atoms with Crippen LogP contribution in [0.15, 0.2) is 42.6 Å². The average molecular weight is 776 g/mol. The lowest BCUT2D eigenvalue weighted by molar-refractivity contribution is -0.143. The van der Waals surface area contributed by atoms with Gasteiger partial charge in [-0.1, -0.05) is 41.4 Å².